The molecule has 0 amide bonds. The molecule has 0 aliphatic carbocycles. The zero-order valence-corrected chi connectivity index (χ0v) is 7.59. The number of fused-ring (bicyclic) bond motifs is 1. The lowest BCUT2D eigenvalue weighted by atomic mass is 10.1. The van der Waals surface area contributed by atoms with Crippen molar-refractivity contribution in [2.24, 2.45) is 5.73 Å². The van der Waals surface area contributed by atoms with Crippen molar-refractivity contribution in [2.75, 3.05) is 0 Å². The first-order valence-corrected chi connectivity index (χ1v) is 4.49. The Labute approximate surface area is 80.1 Å². The molecule has 7 nitrogen and oxygen atoms in total. The monoisotopic (exact) mass is 197 g/mol. The first-order chi connectivity index (χ1) is 6.72. The summed E-state index contributed by atoms with van der Waals surface area (Å²) in [7, 11) is 0. The molecule has 76 valence electrons. The van der Waals surface area contributed by atoms with Crippen LogP contribution in [0.25, 0.3) is 0 Å². The van der Waals surface area contributed by atoms with Crippen molar-refractivity contribution >= 4 is 0 Å². The van der Waals surface area contributed by atoms with Gasteiger partial charge in [-0.2, -0.15) is 5.10 Å². The van der Waals surface area contributed by atoms with Crippen LogP contribution in [0.1, 0.15) is 30.5 Å². The highest BCUT2D eigenvalue weighted by molar-refractivity contribution is 4.99. The first kappa shape index (κ1) is 9.07. The summed E-state index contributed by atoms with van der Waals surface area (Å²) in [6.07, 6.45) is 1.31. The zero-order valence-electron chi connectivity index (χ0n) is 7.59. The topological polar surface area (TPSA) is 99.9 Å². The third kappa shape index (κ3) is 1.35. The van der Waals surface area contributed by atoms with Crippen molar-refractivity contribution in [3.63, 3.8) is 0 Å². The van der Waals surface area contributed by atoms with E-state index < -0.39 is 6.04 Å². The van der Waals surface area contributed by atoms with Crippen molar-refractivity contribution in [3.8, 4) is 0 Å². The molecule has 2 rings (SSSR count). The summed E-state index contributed by atoms with van der Waals surface area (Å²) in [6, 6.07) is -0.712. The third-order valence-electron chi connectivity index (χ3n) is 2.33. The van der Waals surface area contributed by atoms with Crippen LogP contribution in [-0.2, 0) is 13.1 Å². The van der Waals surface area contributed by atoms with Gasteiger partial charge in [-0.15, -0.1) is 0 Å². The van der Waals surface area contributed by atoms with Gasteiger partial charge in [-0.3, -0.25) is 10.1 Å². The van der Waals surface area contributed by atoms with Gasteiger partial charge in [0.2, 0.25) is 5.82 Å². The molecule has 1 aromatic heterocycles. The summed E-state index contributed by atoms with van der Waals surface area (Å²) in [4.78, 5) is 14.5. The zero-order chi connectivity index (χ0) is 10.1. The van der Waals surface area contributed by atoms with E-state index >= 15 is 0 Å². The van der Waals surface area contributed by atoms with Gasteiger partial charge in [-0.25, -0.2) is 9.67 Å². The van der Waals surface area contributed by atoms with Gasteiger partial charge in [0.25, 0.3) is 6.04 Å². The summed E-state index contributed by atoms with van der Waals surface area (Å²) in [5.74, 6) is 0.926. The molecular weight excluding hydrogens is 186 g/mol. The standard InChI is InChI=1S/C7H11N5O2/c8-4-6-9-7-5(12(13)14)2-1-3-11(7)10-6/h5H,1-4,8H2. The smallest absolute Gasteiger partial charge is 0.271 e. The maximum atomic E-state index is 10.7. The average molecular weight is 197 g/mol. The van der Waals surface area contributed by atoms with Crippen LogP contribution in [0.2, 0.25) is 0 Å². The van der Waals surface area contributed by atoms with Crippen LogP contribution in [-0.4, -0.2) is 19.7 Å². The fourth-order valence-corrected chi connectivity index (χ4v) is 1.66. The molecule has 2 N–H and O–H groups in total. The van der Waals surface area contributed by atoms with E-state index in [-0.39, 0.29) is 11.5 Å². The number of aromatic nitrogens is 3. The Kier molecular flexibility index (Phi) is 2.16. The summed E-state index contributed by atoms with van der Waals surface area (Å²) < 4.78 is 1.60. The largest absolute Gasteiger partial charge is 0.324 e. The van der Waals surface area contributed by atoms with Gasteiger partial charge in [0.15, 0.2) is 5.82 Å². The lowest BCUT2D eigenvalue weighted by Gasteiger charge is -2.15. The number of hydrogen-bond donors (Lipinski definition) is 1. The van der Waals surface area contributed by atoms with Crippen molar-refractivity contribution in [1.82, 2.24) is 14.8 Å². The minimum Gasteiger partial charge on any atom is -0.324 e. The van der Waals surface area contributed by atoms with Gasteiger partial charge in [0.1, 0.15) is 0 Å². The highest BCUT2D eigenvalue weighted by Gasteiger charge is 2.32. The normalized spacial score (nSPS) is 20.5. The van der Waals surface area contributed by atoms with Crippen LogP contribution in [0.4, 0.5) is 0 Å². The molecule has 0 saturated carbocycles. The highest BCUT2D eigenvalue weighted by Crippen LogP contribution is 2.25. The Balaban J connectivity index is 2.38. The number of nitrogens with zero attached hydrogens (tertiary/aromatic N) is 4. The Hall–Kier alpha value is -1.50. The maximum Gasteiger partial charge on any atom is 0.271 e. The molecule has 1 atom stereocenters. The lowest BCUT2D eigenvalue weighted by molar-refractivity contribution is -0.533. The summed E-state index contributed by atoms with van der Waals surface area (Å²) in [6.45, 7) is 0.928. The van der Waals surface area contributed by atoms with Gasteiger partial charge in [-0.05, 0) is 6.42 Å². The van der Waals surface area contributed by atoms with E-state index in [4.69, 9.17) is 5.73 Å². The number of aryl methyl sites for hydroxylation is 1. The van der Waals surface area contributed by atoms with Gasteiger partial charge in [-0.1, -0.05) is 0 Å². The van der Waals surface area contributed by atoms with Crippen LogP contribution in [0, 0.1) is 10.1 Å². The van der Waals surface area contributed by atoms with Crippen LogP contribution < -0.4 is 5.73 Å². The summed E-state index contributed by atoms with van der Waals surface area (Å²) in [5.41, 5.74) is 5.38. The Bertz CT molecular complexity index is 361. The van der Waals surface area contributed by atoms with Crippen LogP contribution in [0.3, 0.4) is 0 Å². The predicted octanol–water partition coefficient (Wildman–Crippen LogP) is -0.152. The lowest BCUT2D eigenvalue weighted by Crippen LogP contribution is -2.22. The molecule has 0 fully saturated rings. The first-order valence-electron chi connectivity index (χ1n) is 4.49. The molecule has 0 spiro atoms. The minimum atomic E-state index is -0.712. The molecule has 0 bridgehead atoms. The number of nitrogens with two attached hydrogens (primary N) is 1. The molecule has 1 unspecified atom stereocenters. The van der Waals surface area contributed by atoms with Crippen LogP contribution in [0.5, 0.6) is 0 Å². The third-order valence-corrected chi connectivity index (χ3v) is 2.33. The fraction of sp³-hybridized carbons (Fsp3) is 0.714. The van der Waals surface area contributed by atoms with E-state index in [1.54, 1.807) is 4.68 Å². The maximum absolute atomic E-state index is 10.7. The van der Waals surface area contributed by atoms with E-state index in [1.165, 1.54) is 0 Å². The number of hydrogen-bond acceptors (Lipinski definition) is 5. The summed E-state index contributed by atoms with van der Waals surface area (Å²) >= 11 is 0. The predicted molar refractivity (Wildman–Crippen MR) is 46.9 cm³/mol. The molecule has 1 aliphatic heterocycles. The molecule has 0 saturated heterocycles. The molecular formula is C7H11N5O2. The van der Waals surface area contributed by atoms with E-state index in [2.05, 4.69) is 10.1 Å². The van der Waals surface area contributed by atoms with Crippen LogP contribution in [0.15, 0.2) is 0 Å². The second-order valence-electron chi connectivity index (χ2n) is 3.26. The van der Waals surface area contributed by atoms with Gasteiger partial charge in [0, 0.05) is 17.9 Å². The van der Waals surface area contributed by atoms with Crippen LogP contribution >= 0.6 is 0 Å². The molecule has 1 aliphatic rings. The van der Waals surface area contributed by atoms with Gasteiger partial charge < -0.3 is 5.73 Å². The Morgan fingerprint density at radius 3 is 3.14 bits per heavy atom. The molecule has 2 heterocycles. The van der Waals surface area contributed by atoms with Gasteiger partial charge in [0.05, 0.1) is 6.54 Å². The number of rotatable bonds is 2. The van der Waals surface area contributed by atoms with E-state index in [1.807, 2.05) is 0 Å². The molecule has 7 heteroatoms. The Morgan fingerprint density at radius 2 is 2.50 bits per heavy atom. The minimum absolute atomic E-state index is 0.227. The van der Waals surface area contributed by atoms with E-state index in [9.17, 15) is 10.1 Å². The molecule has 0 radical (unpaired) electrons. The van der Waals surface area contributed by atoms with Gasteiger partial charge >= 0.3 is 0 Å². The van der Waals surface area contributed by atoms with Crippen molar-refractivity contribution < 1.29 is 4.92 Å². The van der Waals surface area contributed by atoms with Crippen molar-refractivity contribution in [3.05, 3.63) is 21.8 Å². The molecule has 0 aromatic carbocycles. The molecule has 14 heavy (non-hydrogen) atoms. The van der Waals surface area contributed by atoms with Crippen molar-refractivity contribution in [2.45, 2.75) is 32.0 Å². The average Bonchev–Trinajstić information content (AvgIpc) is 2.59. The highest BCUT2D eigenvalue weighted by atomic mass is 16.6. The second kappa shape index (κ2) is 3.33. The Morgan fingerprint density at radius 1 is 1.71 bits per heavy atom. The quantitative estimate of drug-likeness (QED) is 0.524. The fourth-order valence-electron chi connectivity index (χ4n) is 1.66. The van der Waals surface area contributed by atoms with E-state index in [0.29, 0.717) is 24.6 Å². The summed E-state index contributed by atoms with van der Waals surface area (Å²) in [5, 5.41) is 14.8. The van der Waals surface area contributed by atoms with Crippen molar-refractivity contribution in [1.29, 1.82) is 0 Å². The molecule has 1 aromatic rings. The second-order valence-corrected chi connectivity index (χ2v) is 3.26. The van der Waals surface area contributed by atoms with E-state index in [0.717, 1.165) is 6.42 Å². The number of nitro groups is 1. The SMILES string of the molecule is NCc1nc2n(n1)CCCC2[N+](=O)[O-].